The first-order valence-electron chi connectivity index (χ1n) is 6.40. The third-order valence-corrected chi connectivity index (χ3v) is 4.66. The largest absolute Gasteiger partial charge is 0.497 e. The van der Waals surface area contributed by atoms with Crippen LogP contribution in [0.1, 0.15) is 23.7 Å². The Morgan fingerprint density at radius 3 is 3.00 bits per heavy atom. The molecule has 1 aromatic carbocycles. The Labute approximate surface area is 117 Å². The van der Waals surface area contributed by atoms with Gasteiger partial charge < -0.3 is 9.64 Å². The third-order valence-electron chi connectivity index (χ3n) is 3.29. The maximum atomic E-state index is 13.9. The van der Waals surface area contributed by atoms with Gasteiger partial charge in [-0.15, -0.1) is 0 Å². The van der Waals surface area contributed by atoms with Crippen molar-refractivity contribution >= 4 is 17.7 Å². The van der Waals surface area contributed by atoms with E-state index in [-0.39, 0.29) is 11.5 Å². The molecule has 104 valence electrons. The molecule has 1 aromatic rings. The average Bonchev–Trinajstić information content (AvgIpc) is 2.46. The minimum atomic E-state index is -0.518. The van der Waals surface area contributed by atoms with Crippen LogP contribution in [-0.2, 0) is 0 Å². The van der Waals surface area contributed by atoms with Crippen molar-refractivity contribution in [3.05, 3.63) is 29.6 Å². The Kier molecular flexibility index (Phi) is 4.69. The first kappa shape index (κ1) is 14.2. The fourth-order valence-corrected chi connectivity index (χ4v) is 3.30. The second-order valence-corrected chi connectivity index (χ2v) is 5.91. The molecule has 1 saturated heterocycles. The lowest BCUT2D eigenvalue weighted by molar-refractivity contribution is 0.0756. The smallest absolute Gasteiger partial charge is 0.256 e. The number of hydrogen-bond donors (Lipinski definition) is 0. The van der Waals surface area contributed by atoms with Crippen LogP contribution < -0.4 is 4.74 Å². The van der Waals surface area contributed by atoms with Crippen molar-refractivity contribution in [2.24, 2.45) is 0 Å². The quantitative estimate of drug-likeness (QED) is 0.854. The van der Waals surface area contributed by atoms with Gasteiger partial charge in [0.2, 0.25) is 0 Å². The van der Waals surface area contributed by atoms with Gasteiger partial charge in [-0.3, -0.25) is 4.79 Å². The van der Waals surface area contributed by atoms with Gasteiger partial charge >= 0.3 is 0 Å². The topological polar surface area (TPSA) is 29.5 Å². The van der Waals surface area contributed by atoms with Crippen molar-refractivity contribution in [2.75, 3.05) is 26.0 Å². The summed E-state index contributed by atoms with van der Waals surface area (Å²) in [5.41, 5.74) is 0.127. The number of carbonyl (C=O) groups excluding carboxylic acids is 1. The molecule has 1 unspecified atom stereocenters. The van der Waals surface area contributed by atoms with Crippen LogP contribution in [0.5, 0.6) is 5.75 Å². The van der Waals surface area contributed by atoms with E-state index < -0.39 is 5.82 Å². The summed E-state index contributed by atoms with van der Waals surface area (Å²) in [5, 5.41) is 0.457. The summed E-state index contributed by atoms with van der Waals surface area (Å²) in [6, 6.07) is 4.37. The highest BCUT2D eigenvalue weighted by Gasteiger charge is 2.25. The third kappa shape index (κ3) is 3.21. The van der Waals surface area contributed by atoms with Gasteiger partial charge in [-0.25, -0.2) is 4.39 Å². The summed E-state index contributed by atoms with van der Waals surface area (Å²) in [5.74, 6) is 0.603. The lowest BCUT2D eigenvalue weighted by Crippen LogP contribution is -2.42. The van der Waals surface area contributed by atoms with E-state index in [1.807, 2.05) is 11.8 Å². The lowest BCUT2D eigenvalue weighted by Gasteiger charge is -2.32. The molecule has 2 rings (SSSR count). The maximum absolute atomic E-state index is 13.9. The van der Waals surface area contributed by atoms with Crippen molar-refractivity contribution in [1.82, 2.24) is 4.90 Å². The standard InChI is InChI=1S/C14H18FNO2S/c1-3-11-9-16(6-7-19-11)14(17)12-5-4-10(18-2)8-13(12)15/h4-5,8,11H,3,6-7,9H2,1-2H3. The number of methoxy groups -OCH3 is 1. The van der Waals surface area contributed by atoms with Gasteiger partial charge in [0.25, 0.3) is 5.91 Å². The van der Waals surface area contributed by atoms with Crippen LogP contribution in [-0.4, -0.2) is 42.0 Å². The summed E-state index contributed by atoms with van der Waals surface area (Å²) in [6.45, 7) is 3.50. The molecule has 1 amide bonds. The summed E-state index contributed by atoms with van der Waals surface area (Å²) in [4.78, 5) is 14.1. The van der Waals surface area contributed by atoms with Crippen molar-refractivity contribution < 1.29 is 13.9 Å². The number of hydrogen-bond acceptors (Lipinski definition) is 3. The number of carbonyl (C=O) groups is 1. The van der Waals surface area contributed by atoms with Gasteiger partial charge in [-0.05, 0) is 18.6 Å². The molecule has 5 heteroatoms. The summed E-state index contributed by atoms with van der Waals surface area (Å²) < 4.78 is 18.8. The molecule has 1 heterocycles. The maximum Gasteiger partial charge on any atom is 0.256 e. The predicted octanol–water partition coefficient (Wildman–Crippen LogP) is 2.80. The SMILES string of the molecule is CCC1CN(C(=O)c2ccc(OC)cc2F)CCS1. The molecule has 3 nitrogen and oxygen atoms in total. The van der Waals surface area contributed by atoms with Crippen LogP contribution in [0, 0.1) is 5.82 Å². The van der Waals surface area contributed by atoms with Crippen LogP contribution in [0.2, 0.25) is 0 Å². The van der Waals surface area contributed by atoms with E-state index in [1.54, 1.807) is 11.0 Å². The Hall–Kier alpha value is -1.23. The second-order valence-electron chi connectivity index (χ2n) is 4.50. The predicted molar refractivity (Wildman–Crippen MR) is 75.4 cm³/mol. The van der Waals surface area contributed by atoms with Gasteiger partial charge in [-0.2, -0.15) is 11.8 Å². The zero-order valence-electron chi connectivity index (χ0n) is 11.2. The van der Waals surface area contributed by atoms with Gasteiger partial charge in [0.15, 0.2) is 0 Å². The lowest BCUT2D eigenvalue weighted by atomic mass is 10.1. The number of ether oxygens (including phenoxy) is 1. The van der Waals surface area contributed by atoms with E-state index in [1.165, 1.54) is 19.2 Å². The number of thioether (sulfide) groups is 1. The van der Waals surface area contributed by atoms with Crippen molar-refractivity contribution in [1.29, 1.82) is 0 Å². The van der Waals surface area contributed by atoms with Crippen LogP contribution in [0.25, 0.3) is 0 Å². The van der Waals surface area contributed by atoms with E-state index >= 15 is 0 Å². The highest BCUT2D eigenvalue weighted by Crippen LogP contribution is 2.24. The number of nitrogens with zero attached hydrogens (tertiary/aromatic N) is 1. The van der Waals surface area contributed by atoms with Crippen molar-refractivity contribution in [2.45, 2.75) is 18.6 Å². The summed E-state index contributed by atoms with van der Waals surface area (Å²) in [6.07, 6.45) is 1.03. The molecule has 1 aliphatic rings. The number of amides is 1. The first-order chi connectivity index (χ1) is 9.15. The molecule has 1 atom stereocenters. The van der Waals surface area contributed by atoms with E-state index in [0.717, 1.165) is 12.2 Å². The van der Waals surface area contributed by atoms with Gasteiger partial charge in [0.05, 0.1) is 12.7 Å². The zero-order valence-corrected chi connectivity index (χ0v) is 12.0. The molecular formula is C14H18FNO2S. The molecule has 0 N–H and O–H groups in total. The molecule has 0 aromatic heterocycles. The Balaban J connectivity index is 2.15. The molecule has 1 fully saturated rings. The molecule has 0 radical (unpaired) electrons. The van der Waals surface area contributed by atoms with Gasteiger partial charge in [0, 0.05) is 30.2 Å². The van der Waals surface area contributed by atoms with Crippen LogP contribution in [0.4, 0.5) is 4.39 Å². The number of rotatable bonds is 3. The zero-order chi connectivity index (χ0) is 13.8. The van der Waals surface area contributed by atoms with Crippen LogP contribution in [0.3, 0.4) is 0 Å². The van der Waals surface area contributed by atoms with E-state index in [9.17, 15) is 9.18 Å². The Bertz CT molecular complexity index is 467. The number of benzene rings is 1. The molecule has 0 bridgehead atoms. The van der Waals surface area contributed by atoms with E-state index in [2.05, 4.69) is 6.92 Å². The minimum Gasteiger partial charge on any atom is -0.497 e. The second kappa shape index (κ2) is 6.28. The van der Waals surface area contributed by atoms with Crippen LogP contribution in [0.15, 0.2) is 18.2 Å². The molecule has 0 spiro atoms. The molecular weight excluding hydrogens is 265 g/mol. The fraction of sp³-hybridized carbons (Fsp3) is 0.500. The molecule has 19 heavy (non-hydrogen) atoms. The molecule has 1 aliphatic heterocycles. The minimum absolute atomic E-state index is 0.127. The highest BCUT2D eigenvalue weighted by atomic mass is 32.2. The Morgan fingerprint density at radius 1 is 1.58 bits per heavy atom. The van der Waals surface area contributed by atoms with Gasteiger partial charge in [-0.1, -0.05) is 6.92 Å². The highest BCUT2D eigenvalue weighted by molar-refractivity contribution is 8.00. The molecule has 0 aliphatic carbocycles. The summed E-state index contributed by atoms with van der Waals surface area (Å²) >= 11 is 1.88. The summed E-state index contributed by atoms with van der Waals surface area (Å²) in [7, 11) is 1.48. The van der Waals surface area contributed by atoms with Crippen molar-refractivity contribution in [3.8, 4) is 5.75 Å². The number of halogens is 1. The average molecular weight is 283 g/mol. The van der Waals surface area contributed by atoms with E-state index in [4.69, 9.17) is 4.74 Å². The fourth-order valence-electron chi connectivity index (χ4n) is 2.12. The van der Waals surface area contributed by atoms with Crippen LogP contribution >= 0.6 is 11.8 Å². The molecule has 0 saturated carbocycles. The first-order valence-corrected chi connectivity index (χ1v) is 7.45. The monoisotopic (exact) mass is 283 g/mol. The van der Waals surface area contributed by atoms with Gasteiger partial charge in [0.1, 0.15) is 11.6 Å². The Morgan fingerprint density at radius 2 is 2.37 bits per heavy atom. The van der Waals surface area contributed by atoms with Crippen molar-refractivity contribution in [3.63, 3.8) is 0 Å². The van der Waals surface area contributed by atoms with E-state index in [0.29, 0.717) is 24.1 Å². The normalized spacial score (nSPS) is 19.3.